The molecule has 0 spiro atoms. The Balaban J connectivity index is 1.97. The Morgan fingerprint density at radius 2 is 2.00 bits per heavy atom. The smallest absolute Gasteiger partial charge is 0.408 e. The summed E-state index contributed by atoms with van der Waals surface area (Å²) < 4.78 is 5.21. The second-order valence-electron chi connectivity index (χ2n) is 5.29. The number of rotatable bonds is 5. The van der Waals surface area contributed by atoms with E-state index in [0.717, 1.165) is 25.7 Å². The van der Waals surface area contributed by atoms with Gasteiger partial charge in [-0.15, -0.1) is 0 Å². The van der Waals surface area contributed by atoms with Gasteiger partial charge in [0, 0.05) is 16.5 Å². The SMILES string of the molecule is O=C(NC(Cc1ccc(Cl)cc1Cl)C(=O)O)OC1CCCC1. The van der Waals surface area contributed by atoms with Crippen LogP contribution in [0, 0.1) is 0 Å². The van der Waals surface area contributed by atoms with Gasteiger partial charge in [0.05, 0.1) is 0 Å². The molecule has 1 fully saturated rings. The topological polar surface area (TPSA) is 75.6 Å². The van der Waals surface area contributed by atoms with Crippen molar-refractivity contribution in [3.05, 3.63) is 33.8 Å². The average Bonchev–Trinajstić information content (AvgIpc) is 2.93. The number of carboxylic acids is 1. The Labute approximate surface area is 138 Å². The molecule has 0 heterocycles. The van der Waals surface area contributed by atoms with Crippen LogP contribution >= 0.6 is 23.2 Å². The van der Waals surface area contributed by atoms with Gasteiger partial charge in [0.1, 0.15) is 12.1 Å². The lowest BCUT2D eigenvalue weighted by Gasteiger charge is -2.17. The van der Waals surface area contributed by atoms with E-state index in [0.29, 0.717) is 15.6 Å². The third-order valence-electron chi connectivity index (χ3n) is 3.61. The zero-order chi connectivity index (χ0) is 16.1. The van der Waals surface area contributed by atoms with Gasteiger partial charge in [-0.2, -0.15) is 0 Å². The van der Waals surface area contributed by atoms with Crippen molar-refractivity contribution in [3.63, 3.8) is 0 Å². The van der Waals surface area contributed by atoms with Gasteiger partial charge in [-0.25, -0.2) is 9.59 Å². The van der Waals surface area contributed by atoms with Crippen LogP contribution in [0.25, 0.3) is 0 Å². The number of benzene rings is 1. The minimum Gasteiger partial charge on any atom is -0.480 e. The molecule has 7 heteroatoms. The fourth-order valence-corrected chi connectivity index (χ4v) is 2.93. The number of carboxylic acid groups (broad SMARTS) is 1. The van der Waals surface area contributed by atoms with Crippen LogP contribution in [0.1, 0.15) is 31.2 Å². The second kappa shape index (κ2) is 7.70. The van der Waals surface area contributed by atoms with E-state index in [1.54, 1.807) is 12.1 Å². The van der Waals surface area contributed by atoms with Gasteiger partial charge in [-0.3, -0.25) is 0 Å². The van der Waals surface area contributed by atoms with Crippen molar-refractivity contribution >= 4 is 35.3 Å². The maximum Gasteiger partial charge on any atom is 0.408 e. The van der Waals surface area contributed by atoms with E-state index in [9.17, 15) is 14.7 Å². The first kappa shape index (κ1) is 16.9. The fraction of sp³-hybridized carbons (Fsp3) is 0.467. The molecule has 1 aromatic rings. The molecule has 1 saturated carbocycles. The molecule has 0 radical (unpaired) electrons. The van der Waals surface area contributed by atoms with Crippen molar-refractivity contribution < 1.29 is 19.4 Å². The normalized spacial score (nSPS) is 16.3. The summed E-state index contributed by atoms with van der Waals surface area (Å²) in [4.78, 5) is 23.1. The molecule has 1 amide bonds. The summed E-state index contributed by atoms with van der Waals surface area (Å²) in [7, 11) is 0. The Morgan fingerprint density at radius 3 is 2.59 bits per heavy atom. The summed E-state index contributed by atoms with van der Waals surface area (Å²) in [6.07, 6.45) is 2.95. The Hall–Kier alpha value is -1.46. The van der Waals surface area contributed by atoms with Crippen LogP contribution in [0.4, 0.5) is 4.79 Å². The highest BCUT2D eigenvalue weighted by Gasteiger charge is 2.25. The predicted octanol–water partition coefficient (Wildman–Crippen LogP) is 3.66. The van der Waals surface area contributed by atoms with E-state index < -0.39 is 18.1 Å². The number of hydrogen-bond acceptors (Lipinski definition) is 3. The van der Waals surface area contributed by atoms with E-state index in [-0.39, 0.29) is 12.5 Å². The van der Waals surface area contributed by atoms with Crippen molar-refractivity contribution in [2.24, 2.45) is 0 Å². The minimum absolute atomic E-state index is 0.0606. The molecule has 2 rings (SSSR count). The lowest BCUT2D eigenvalue weighted by molar-refractivity contribution is -0.139. The molecule has 1 atom stereocenters. The van der Waals surface area contributed by atoms with Crippen molar-refractivity contribution in [3.8, 4) is 0 Å². The lowest BCUT2D eigenvalue weighted by Crippen LogP contribution is -2.43. The van der Waals surface area contributed by atoms with Crippen LogP contribution in [0.15, 0.2) is 18.2 Å². The van der Waals surface area contributed by atoms with Crippen LogP contribution < -0.4 is 5.32 Å². The standard InChI is InChI=1S/C15H17Cl2NO4/c16-10-6-5-9(12(17)8-10)7-13(14(19)20)18-15(21)22-11-3-1-2-4-11/h5-6,8,11,13H,1-4,7H2,(H,18,21)(H,19,20). The number of hydrogen-bond donors (Lipinski definition) is 2. The van der Waals surface area contributed by atoms with Crippen LogP contribution in [-0.4, -0.2) is 29.3 Å². The zero-order valence-corrected chi connectivity index (χ0v) is 13.4. The van der Waals surface area contributed by atoms with Crippen molar-refractivity contribution in [2.45, 2.75) is 44.2 Å². The Morgan fingerprint density at radius 1 is 1.32 bits per heavy atom. The molecule has 1 aliphatic rings. The summed E-state index contributed by atoms with van der Waals surface area (Å²) in [5.41, 5.74) is 0.597. The number of alkyl carbamates (subject to hydrolysis) is 1. The first-order valence-corrected chi connectivity index (χ1v) is 7.85. The third kappa shape index (κ3) is 4.78. The van der Waals surface area contributed by atoms with Crippen molar-refractivity contribution in [2.75, 3.05) is 0 Å². The maximum atomic E-state index is 11.8. The van der Waals surface area contributed by atoms with Crippen molar-refractivity contribution in [1.82, 2.24) is 5.32 Å². The molecule has 1 aromatic carbocycles. The number of nitrogens with one attached hydrogen (secondary N) is 1. The van der Waals surface area contributed by atoms with Gasteiger partial charge >= 0.3 is 12.1 Å². The van der Waals surface area contributed by atoms with E-state index in [1.807, 2.05) is 0 Å². The highest BCUT2D eigenvalue weighted by molar-refractivity contribution is 6.35. The number of carbonyl (C=O) groups is 2. The average molecular weight is 346 g/mol. The molecule has 0 aliphatic heterocycles. The van der Waals surface area contributed by atoms with E-state index in [1.165, 1.54) is 6.07 Å². The molecule has 0 aromatic heterocycles. The van der Waals surface area contributed by atoms with Crippen LogP contribution in [0.2, 0.25) is 10.0 Å². The third-order valence-corrected chi connectivity index (χ3v) is 4.19. The van der Waals surface area contributed by atoms with E-state index in [4.69, 9.17) is 27.9 Å². The second-order valence-corrected chi connectivity index (χ2v) is 6.13. The highest BCUT2D eigenvalue weighted by Crippen LogP contribution is 2.23. The Bertz CT molecular complexity index is 558. The van der Waals surface area contributed by atoms with E-state index in [2.05, 4.69) is 5.32 Å². The van der Waals surface area contributed by atoms with Crippen molar-refractivity contribution in [1.29, 1.82) is 0 Å². The quantitative estimate of drug-likeness (QED) is 0.853. The first-order chi connectivity index (χ1) is 10.5. The van der Waals surface area contributed by atoms with Gasteiger partial charge in [0.2, 0.25) is 0 Å². The van der Waals surface area contributed by atoms with E-state index >= 15 is 0 Å². The number of amides is 1. The lowest BCUT2D eigenvalue weighted by atomic mass is 10.1. The predicted molar refractivity (Wildman–Crippen MR) is 83.5 cm³/mol. The molecular weight excluding hydrogens is 329 g/mol. The van der Waals surface area contributed by atoms with Gasteiger partial charge in [0.25, 0.3) is 0 Å². The Kier molecular flexibility index (Phi) is 5.91. The van der Waals surface area contributed by atoms with Crippen LogP contribution in [-0.2, 0) is 16.0 Å². The number of ether oxygens (including phenoxy) is 1. The van der Waals surface area contributed by atoms with Gasteiger partial charge in [-0.1, -0.05) is 29.3 Å². The first-order valence-electron chi connectivity index (χ1n) is 7.09. The number of aliphatic carboxylic acids is 1. The highest BCUT2D eigenvalue weighted by atomic mass is 35.5. The largest absolute Gasteiger partial charge is 0.480 e. The van der Waals surface area contributed by atoms with Crippen LogP contribution in [0.3, 0.4) is 0 Å². The van der Waals surface area contributed by atoms with Gasteiger partial charge in [-0.05, 0) is 43.4 Å². The fourth-order valence-electron chi connectivity index (χ4n) is 2.44. The molecular formula is C15H17Cl2NO4. The maximum absolute atomic E-state index is 11.8. The molecule has 22 heavy (non-hydrogen) atoms. The molecule has 1 unspecified atom stereocenters. The molecule has 0 saturated heterocycles. The number of halogens is 2. The summed E-state index contributed by atoms with van der Waals surface area (Å²) in [5.74, 6) is -1.14. The van der Waals surface area contributed by atoms with Gasteiger partial charge in [0.15, 0.2) is 0 Å². The summed E-state index contributed by atoms with van der Waals surface area (Å²) in [6, 6.07) is 3.70. The molecule has 120 valence electrons. The summed E-state index contributed by atoms with van der Waals surface area (Å²) in [5, 5.41) is 12.5. The minimum atomic E-state index is -1.14. The van der Waals surface area contributed by atoms with Crippen LogP contribution in [0.5, 0.6) is 0 Å². The van der Waals surface area contributed by atoms with Gasteiger partial charge < -0.3 is 15.2 Å². The number of carbonyl (C=O) groups excluding carboxylic acids is 1. The summed E-state index contributed by atoms with van der Waals surface area (Å²) in [6.45, 7) is 0. The molecule has 5 nitrogen and oxygen atoms in total. The molecule has 1 aliphatic carbocycles. The summed E-state index contributed by atoms with van der Waals surface area (Å²) >= 11 is 11.8. The zero-order valence-electron chi connectivity index (χ0n) is 11.9. The monoisotopic (exact) mass is 345 g/mol. The molecule has 0 bridgehead atoms. The molecule has 2 N–H and O–H groups in total.